The highest BCUT2D eigenvalue weighted by molar-refractivity contribution is 6.43. The van der Waals surface area contributed by atoms with Crippen LogP contribution in [0.4, 0.5) is 0 Å². The molecule has 2 N–H and O–H groups in total. The largest absolute Gasteiger partial charge is 0.480 e. The minimum atomic E-state index is -1.14. The van der Waals surface area contributed by atoms with Gasteiger partial charge in [0, 0.05) is 25.0 Å². The van der Waals surface area contributed by atoms with Gasteiger partial charge in [-0.1, -0.05) is 72.8 Å². The van der Waals surface area contributed by atoms with Crippen molar-refractivity contribution in [1.82, 2.24) is 15.1 Å². The van der Waals surface area contributed by atoms with E-state index in [4.69, 9.17) is 23.2 Å². The number of nitrogens with zero attached hydrogens (tertiary/aromatic N) is 2. The Morgan fingerprint density at radius 1 is 1.11 bits per heavy atom. The zero-order valence-corrected chi connectivity index (χ0v) is 23.4. The number of carbonyl (C=O) groups excluding carboxylic acids is 2. The monoisotopic (exact) mass is 559 g/mol. The maximum Gasteiger partial charge on any atom is 0.327 e. The lowest BCUT2D eigenvalue weighted by Gasteiger charge is -2.31. The number of likely N-dealkylation sites (tertiary alicyclic amines) is 1. The molecule has 2 aromatic rings. The van der Waals surface area contributed by atoms with Crippen LogP contribution in [0.1, 0.15) is 54.4 Å². The Balaban J connectivity index is 1.73. The predicted octanol–water partition coefficient (Wildman–Crippen LogP) is 5.13. The summed E-state index contributed by atoms with van der Waals surface area (Å²) < 4.78 is 0. The molecule has 2 aliphatic rings. The summed E-state index contributed by atoms with van der Waals surface area (Å²) in [7, 11) is 3.48. The molecule has 1 heterocycles. The van der Waals surface area contributed by atoms with Crippen LogP contribution in [0.2, 0.25) is 10.0 Å². The Kier molecular flexibility index (Phi) is 9.34. The SMILES string of the molecule is CN(C)CC(NC(=O)c1c(-c2ccccc2)cc(Cl)c(Cl)c1CC1CCN(C2CCCCC2)C1=O)C(=O)O. The fourth-order valence-electron chi connectivity index (χ4n) is 5.71. The van der Waals surface area contributed by atoms with E-state index in [2.05, 4.69) is 5.32 Å². The molecule has 0 spiro atoms. The van der Waals surface area contributed by atoms with E-state index in [-0.39, 0.29) is 46.4 Å². The molecule has 0 aromatic heterocycles. The van der Waals surface area contributed by atoms with E-state index in [1.807, 2.05) is 35.2 Å². The van der Waals surface area contributed by atoms with Crippen LogP contribution in [0.25, 0.3) is 11.1 Å². The number of nitrogens with one attached hydrogen (secondary N) is 1. The molecule has 1 saturated heterocycles. The highest BCUT2D eigenvalue weighted by Crippen LogP contribution is 2.40. The van der Waals surface area contributed by atoms with E-state index in [0.29, 0.717) is 24.1 Å². The number of carboxylic acids is 1. The number of aliphatic carboxylic acids is 1. The first-order valence-corrected chi connectivity index (χ1v) is 14.0. The standard InChI is InChI=1S/C29H35Cl2N3O4/c1-33(2)17-24(29(37)38)32-27(35)25-21(18-9-5-3-6-10-18)16-23(30)26(31)22(25)15-19-13-14-34(28(19)36)20-11-7-4-8-12-20/h3,5-6,9-10,16,19-20,24H,4,7-8,11-15,17H2,1-2H3,(H,32,35)(H,37,38). The first kappa shape index (κ1) is 28.4. The number of rotatable bonds is 9. The summed E-state index contributed by atoms with van der Waals surface area (Å²) in [4.78, 5) is 42.9. The zero-order valence-electron chi connectivity index (χ0n) is 21.9. The molecule has 9 heteroatoms. The molecular formula is C29H35Cl2N3O4. The van der Waals surface area contributed by atoms with Gasteiger partial charge in [0.05, 0.1) is 15.6 Å². The fourth-order valence-corrected chi connectivity index (χ4v) is 6.16. The van der Waals surface area contributed by atoms with Gasteiger partial charge in [-0.15, -0.1) is 0 Å². The summed E-state index contributed by atoms with van der Waals surface area (Å²) in [6.45, 7) is 0.819. The minimum absolute atomic E-state index is 0.0941. The van der Waals surface area contributed by atoms with E-state index in [9.17, 15) is 19.5 Å². The van der Waals surface area contributed by atoms with Crippen LogP contribution >= 0.6 is 23.2 Å². The third-order valence-electron chi connectivity index (χ3n) is 7.60. The van der Waals surface area contributed by atoms with Gasteiger partial charge in [-0.05, 0) is 62.5 Å². The molecule has 2 atom stereocenters. The smallest absolute Gasteiger partial charge is 0.327 e. The van der Waals surface area contributed by atoms with Gasteiger partial charge in [0.15, 0.2) is 0 Å². The maximum atomic E-state index is 13.8. The van der Waals surface area contributed by atoms with E-state index < -0.39 is 17.9 Å². The van der Waals surface area contributed by atoms with Gasteiger partial charge >= 0.3 is 5.97 Å². The van der Waals surface area contributed by atoms with Crippen LogP contribution in [0.5, 0.6) is 0 Å². The molecule has 0 radical (unpaired) electrons. The number of amides is 2. The molecule has 2 fully saturated rings. The molecule has 2 amide bonds. The molecule has 1 saturated carbocycles. The van der Waals surface area contributed by atoms with Crippen molar-refractivity contribution in [1.29, 1.82) is 0 Å². The van der Waals surface area contributed by atoms with Crippen LogP contribution in [0, 0.1) is 5.92 Å². The maximum absolute atomic E-state index is 13.8. The molecule has 1 aliphatic carbocycles. The van der Waals surface area contributed by atoms with Crippen molar-refractivity contribution in [2.45, 2.75) is 57.0 Å². The molecule has 2 aromatic carbocycles. The summed E-state index contributed by atoms with van der Waals surface area (Å²) in [6.07, 6.45) is 6.50. The lowest BCUT2D eigenvalue weighted by Crippen LogP contribution is -2.47. The van der Waals surface area contributed by atoms with Crippen molar-refractivity contribution in [2.75, 3.05) is 27.2 Å². The lowest BCUT2D eigenvalue weighted by molar-refractivity contribution is -0.139. The summed E-state index contributed by atoms with van der Waals surface area (Å²) in [6, 6.07) is 10.1. The Morgan fingerprint density at radius 2 is 1.79 bits per heavy atom. The molecule has 0 bridgehead atoms. The summed E-state index contributed by atoms with van der Waals surface area (Å²) in [5, 5.41) is 12.9. The van der Waals surface area contributed by atoms with Crippen molar-refractivity contribution in [3.8, 4) is 11.1 Å². The normalized spacial score (nSPS) is 19.1. The van der Waals surface area contributed by atoms with Gasteiger partial charge in [0.25, 0.3) is 5.91 Å². The van der Waals surface area contributed by atoms with E-state index in [1.54, 1.807) is 25.1 Å². The Bertz CT molecular complexity index is 1180. The number of hydrogen-bond donors (Lipinski definition) is 2. The van der Waals surface area contributed by atoms with Gasteiger partial charge in [0.1, 0.15) is 6.04 Å². The molecule has 204 valence electrons. The summed E-state index contributed by atoms with van der Waals surface area (Å²) >= 11 is 13.3. The third-order valence-corrected chi connectivity index (χ3v) is 8.42. The number of hydrogen-bond acceptors (Lipinski definition) is 4. The number of carboxylic acid groups (broad SMARTS) is 1. The average molecular weight is 561 g/mol. The highest BCUT2D eigenvalue weighted by atomic mass is 35.5. The van der Waals surface area contributed by atoms with E-state index in [0.717, 1.165) is 31.2 Å². The fraction of sp³-hybridized carbons (Fsp3) is 0.483. The molecule has 38 heavy (non-hydrogen) atoms. The van der Waals surface area contributed by atoms with Crippen LogP contribution in [0.3, 0.4) is 0 Å². The molecule has 7 nitrogen and oxygen atoms in total. The second kappa shape index (κ2) is 12.5. The van der Waals surface area contributed by atoms with E-state index in [1.165, 1.54) is 6.42 Å². The number of carbonyl (C=O) groups is 3. The molecular weight excluding hydrogens is 525 g/mol. The number of likely N-dealkylation sites (N-methyl/N-ethyl adjacent to an activating group) is 1. The van der Waals surface area contributed by atoms with Crippen molar-refractivity contribution < 1.29 is 19.5 Å². The van der Waals surface area contributed by atoms with Gasteiger partial charge in [0.2, 0.25) is 5.91 Å². The van der Waals surface area contributed by atoms with Crippen LogP contribution in [-0.2, 0) is 16.0 Å². The average Bonchev–Trinajstić information content (AvgIpc) is 3.26. The summed E-state index contributed by atoms with van der Waals surface area (Å²) in [5.74, 6) is -1.91. The van der Waals surface area contributed by atoms with Gasteiger partial charge < -0.3 is 20.2 Å². The van der Waals surface area contributed by atoms with Crippen molar-refractivity contribution in [2.24, 2.45) is 5.92 Å². The second-order valence-electron chi connectivity index (χ2n) is 10.6. The first-order valence-electron chi connectivity index (χ1n) is 13.2. The quantitative estimate of drug-likeness (QED) is 0.444. The van der Waals surface area contributed by atoms with Gasteiger partial charge in [-0.3, -0.25) is 9.59 Å². The zero-order chi connectivity index (χ0) is 27.4. The van der Waals surface area contributed by atoms with Gasteiger partial charge in [-0.2, -0.15) is 0 Å². The predicted molar refractivity (Wildman–Crippen MR) is 150 cm³/mol. The first-order chi connectivity index (χ1) is 18.2. The Labute approximate surface area is 234 Å². The Morgan fingerprint density at radius 3 is 2.42 bits per heavy atom. The van der Waals surface area contributed by atoms with Crippen molar-refractivity contribution in [3.63, 3.8) is 0 Å². The lowest BCUT2D eigenvalue weighted by atomic mass is 9.88. The minimum Gasteiger partial charge on any atom is -0.480 e. The molecule has 1 aliphatic heterocycles. The van der Waals surface area contributed by atoms with Crippen LogP contribution in [-0.4, -0.2) is 72.0 Å². The van der Waals surface area contributed by atoms with Crippen molar-refractivity contribution >= 4 is 41.0 Å². The molecule has 4 rings (SSSR count). The van der Waals surface area contributed by atoms with Crippen molar-refractivity contribution in [3.05, 3.63) is 57.6 Å². The highest BCUT2D eigenvalue weighted by Gasteiger charge is 2.38. The van der Waals surface area contributed by atoms with Crippen LogP contribution < -0.4 is 5.32 Å². The van der Waals surface area contributed by atoms with Crippen LogP contribution in [0.15, 0.2) is 36.4 Å². The molecule has 2 unspecified atom stereocenters. The summed E-state index contributed by atoms with van der Waals surface area (Å²) in [5.41, 5.74) is 2.04. The number of benzene rings is 2. The van der Waals surface area contributed by atoms with E-state index >= 15 is 0 Å². The third kappa shape index (κ3) is 6.33. The Hall–Kier alpha value is -2.61. The number of halogens is 2. The van der Waals surface area contributed by atoms with Gasteiger partial charge in [-0.25, -0.2) is 4.79 Å². The topological polar surface area (TPSA) is 90.0 Å². The second-order valence-corrected chi connectivity index (χ2v) is 11.4.